The third kappa shape index (κ3) is 5.47. The number of carbonyl (C=O) groups excluding carboxylic acids is 1. The molecule has 1 amide bonds. The molecule has 1 aromatic rings. The number of hydrogen-bond donors (Lipinski definition) is 1. The van der Waals surface area contributed by atoms with E-state index in [1.54, 1.807) is 7.11 Å². The van der Waals surface area contributed by atoms with Crippen LogP contribution in [-0.4, -0.2) is 34.6 Å². The van der Waals surface area contributed by atoms with Gasteiger partial charge in [-0.15, -0.1) is 0 Å². The van der Waals surface area contributed by atoms with Crippen molar-refractivity contribution in [2.45, 2.75) is 24.7 Å². The van der Waals surface area contributed by atoms with E-state index < -0.39 is 15.0 Å². The Balaban J connectivity index is 2.84. The zero-order valence-corrected chi connectivity index (χ0v) is 14.1. The molecule has 0 aliphatic carbocycles. The fraction of sp³-hybridized carbons (Fsp3) is 0.462. The Morgan fingerprint density at radius 3 is 2.57 bits per heavy atom. The molecule has 0 aliphatic heterocycles. The first-order chi connectivity index (χ1) is 9.77. The summed E-state index contributed by atoms with van der Waals surface area (Å²) in [6, 6.07) is 2.65. The maximum atomic E-state index is 12.0. The van der Waals surface area contributed by atoms with Gasteiger partial charge in [0, 0.05) is 41.5 Å². The maximum absolute atomic E-state index is 12.0. The third-order valence-electron chi connectivity index (χ3n) is 2.88. The molecule has 0 heterocycles. The molecule has 0 fully saturated rings. The Morgan fingerprint density at radius 2 is 2.00 bits per heavy atom. The molecule has 21 heavy (non-hydrogen) atoms. The van der Waals surface area contributed by atoms with E-state index >= 15 is 0 Å². The van der Waals surface area contributed by atoms with Crippen molar-refractivity contribution in [3.63, 3.8) is 0 Å². The lowest BCUT2D eigenvalue weighted by atomic mass is 10.1. The van der Waals surface area contributed by atoms with Crippen LogP contribution >= 0.6 is 22.3 Å². The molecule has 118 valence electrons. The highest BCUT2D eigenvalue weighted by Gasteiger charge is 2.19. The van der Waals surface area contributed by atoms with Gasteiger partial charge in [-0.2, -0.15) is 0 Å². The molecule has 0 aliphatic rings. The molecule has 8 heteroatoms. The van der Waals surface area contributed by atoms with Crippen LogP contribution in [0.25, 0.3) is 0 Å². The summed E-state index contributed by atoms with van der Waals surface area (Å²) in [6.07, 6.45) is 1.59. The van der Waals surface area contributed by atoms with Gasteiger partial charge in [0.2, 0.25) is 0 Å². The summed E-state index contributed by atoms with van der Waals surface area (Å²) in [6.45, 7) is 2.63. The standard InChI is InChI=1S/C13H17Cl2NO4S/c1-9-11(14)7-10(8-12(9)21(15,18)19)13(17)16-5-3-4-6-20-2/h7-8H,3-6H2,1-2H3,(H,16,17). The molecule has 1 rings (SSSR count). The zero-order chi connectivity index (χ0) is 16.0. The highest BCUT2D eigenvalue weighted by Crippen LogP contribution is 2.27. The topological polar surface area (TPSA) is 72.5 Å². The molecule has 0 atom stereocenters. The largest absolute Gasteiger partial charge is 0.385 e. The summed E-state index contributed by atoms with van der Waals surface area (Å²) in [4.78, 5) is 11.8. The number of nitrogens with one attached hydrogen (secondary N) is 1. The molecule has 0 spiro atoms. The van der Waals surface area contributed by atoms with E-state index in [0.29, 0.717) is 18.7 Å². The van der Waals surface area contributed by atoms with E-state index in [1.807, 2.05) is 0 Å². The van der Waals surface area contributed by atoms with Crippen LogP contribution in [0.1, 0.15) is 28.8 Å². The van der Waals surface area contributed by atoms with Crippen molar-refractivity contribution in [2.24, 2.45) is 0 Å². The van der Waals surface area contributed by atoms with Gasteiger partial charge in [-0.1, -0.05) is 11.6 Å². The van der Waals surface area contributed by atoms with Gasteiger partial charge >= 0.3 is 0 Å². The Kier molecular flexibility index (Phi) is 6.93. The number of halogens is 2. The van der Waals surface area contributed by atoms with Crippen LogP contribution in [0.5, 0.6) is 0 Å². The second kappa shape index (κ2) is 7.98. The minimum atomic E-state index is -3.95. The van der Waals surface area contributed by atoms with Crippen molar-refractivity contribution in [3.8, 4) is 0 Å². The third-order valence-corrected chi connectivity index (χ3v) is 4.72. The SMILES string of the molecule is COCCCCNC(=O)c1cc(Cl)c(C)c(S(=O)(=O)Cl)c1. The number of benzene rings is 1. The summed E-state index contributed by atoms with van der Waals surface area (Å²) in [5, 5.41) is 2.87. The number of rotatable bonds is 7. The summed E-state index contributed by atoms with van der Waals surface area (Å²) in [7, 11) is 3.00. The predicted molar refractivity (Wildman–Crippen MR) is 82.7 cm³/mol. The summed E-state index contributed by atoms with van der Waals surface area (Å²) in [5.74, 6) is -0.393. The minimum Gasteiger partial charge on any atom is -0.385 e. The van der Waals surface area contributed by atoms with Crippen LogP contribution in [0, 0.1) is 6.92 Å². The highest BCUT2D eigenvalue weighted by atomic mass is 35.7. The number of amides is 1. The van der Waals surface area contributed by atoms with Crippen LogP contribution in [0.15, 0.2) is 17.0 Å². The van der Waals surface area contributed by atoms with Crippen molar-refractivity contribution in [3.05, 3.63) is 28.3 Å². The molecule has 0 aromatic heterocycles. The van der Waals surface area contributed by atoms with Gasteiger partial charge in [0.25, 0.3) is 15.0 Å². The lowest BCUT2D eigenvalue weighted by molar-refractivity contribution is 0.0951. The second-order valence-corrected chi connectivity index (χ2v) is 7.42. The van der Waals surface area contributed by atoms with Crippen LogP contribution < -0.4 is 5.32 Å². The van der Waals surface area contributed by atoms with E-state index in [1.165, 1.54) is 19.1 Å². The summed E-state index contributed by atoms with van der Waals surface area (Å²) < 4.78 is 27.9. The Labute approximate surface area is 134 Å². The molecule has 0 unspecified atom stereocenters. The fourth-order valence-electron chi connectivity index (χ4n) is 1.71. The predicted octanol–water partition coefficient (Wildman–Crippen LogP) is 2.73. The first-order valence-electron chi connectivity index (χ1n) is 6.29. The zero-order valence-electron chi connectivity index (χ0n) is 11.8. The molecule has 0 radical (unpaired) electrons. The van der Waals surface area contributed by atoms with Gasteiger partial charge in [0.05, 0.1) is 4.90 Å². The van der Waals surface area contributed by atoms with Gasteiger partial charge in [0.1, 0.15) is 0 Å². The summed E-state index contributed by atoms with van der Waals surface area (Å²) >= 11 is 5.95. The van der Waals surface area contributed by atoms with Gasteiger partial charge in [-0.05, 0) is 37.5 Å². The minimum absolute atomic E-state index is 0.152. The molecule has 0 saturated carbocycles. The maximum Gasteiger partial charge on any atom is 0.261 e. The molecule has 1 N–H and O–H groups in total. The van der Waals surface area contributed by atoms with E-state index in [4.69, 9.17) is 27.0 Å². The smallest absolute Gasteiger partial charge is 0.261 e. The molecule has 1 aromatic carbocycles. The van der Waals surface area contributed by atoms with E-state index in [2.05, 4.69) is 5.32 Å². The highest BCUT2D eigenvalue weighted by molar-refractivity contribution is 8.13. The normalized spacial score (nSPS) is 11.4. The monoisotopic (exact) mass is 353 g/mol. The quantitative estimate of drug-likeness (QED) is 0.604. The molecular formula is C13H17Cl2NO4S. The van der Waals surface area contributed by atoms with E-state index in [-0.39, 0.29) is 15.5 Å². The van der Waals surface area contributed by atoms with Crippen molar-refractivity contribution in [1.82, 2.24) is 5.32 Å². The second-order valence-electron chi connectivity index (χ2n) is 4.47. The van der Waals surface area contributed by atoms with Gasteiger partial charge < -0.3 is 10.1 Å². The van der Waals surface area contributed by atoms with Crippen LogP contribution in [0.3, 0.4) is 0 Å². The lowest BCUT2D eigenvalue weighted by Crippen LogP contribution is -2.25. The molecule has 5 nitrogen and oxygen atoms in total. The number of methoxy groups -OCH3 is 1. The van der Waals surface area contributed by atoms with Crippen molar-refractivity contribution < 1.29 is 17.9 Å². The summed E-state index contributed by atoms with van der Waals surface area (Å²) in [5.41, 5.74) is 0.486. The van der Waals surface area contributed by atoms with E-state index in [0.717, 1.165) is 12.8 Å². The van der Waals surface area contributed by atoms with Crippen molar-refractivity contribution in [1.29, 1.82) is 0 Å². The van der Waals surface area contributed by atoms with Crippen LogP contribution in [-0.2, 0) is 13.8 Å². The van der Waals surface area contributed by atoms with Gasteiger partial charge in [0.15, 0.2) is 0 Å². The van der Waals surface area contributed by atoms with Crippen molar-refractivity contribution in [2.75, 3.05) is 20.3 Å². The first kappa shape index (κ1) is 18.2. The van der Waals surface area contributed by atoms with Crippen molar-refractivity contribution >= 4 is 37.2 Å². The van der Waals surface area contributed by atoms with Crippen LogP contribution in [0.4, 0.5) is 0 Å². The Morgan fingerprint density at radius 1 is 1.33 bits per heavy atom. The van der Waals surface area contributed by atoms with E-state index in [9.17, 15) is 13.2 Å². The number of unbranched alkanes of at least 4 members (excludes halogenated alkanes) is 1. The van der Waals surface area contributed by atoms with Crippen LogP contribution in [0.2, 0.25) is 5.02 Å². The van der Waals surface area contributed by atoms with Gasteiger partial charge in [-0.25, -0.2) is 8.42 Å². The lowest BCUT2D eigenvalue weighted by Gasteiger charge is -2.09. The number of carbonyl (C=O) groups is 1. The molecular weight excluding hydrogens is 337 g/mol. The molecule has 0 bridgehead atoms. The Hall–Kier alpha value is -0.820. The fourth-order valence-corrected chi connectivity index (χ4v) is 3.21. The Bertz CT molecular complexity index is 617. The number of ether oxygens (including phenoxy) is 1. The first-order valence-corrected chi connectivity index (χ1v) is 8.98. The van der Waals surface area contributed by atoms with Gasteiger partial charge in [-0.3, -0.25) is 4.79 Å². The average Bonchev–Trinajstić information content (AvgIpc) is 2.39. The molecule has 0 saturated heterocycles. The average molecular weight is 354 g/mol. The number of hydrogen-bond acceptors (Lipinski definition) is 4.